The molecule has 2 aromatic heterocycles. The maximum atomic E-state index is 5.53. The van der Waals surface area contributed by atoms with E-state index in [1.807, 2.05) is 25.1 Å². The number of nitrogens with zero attached hydrogens (tertiary/aromatic N) is 2. The lowest BCUT2D eigenvalue weighted by atomic mass is 10.2. The van der Waals surface area contributed by atoms with Crippen LogP contribution in [-0.4, -0.2) is 9.97 Å². The fourth-order valence-corrected chi connectivity index (χ4v) is 1.79. The molecule has 0 saturated heterocycles. The summed E-state index contributed by atoms with van der Waals surface area (Å²) in [5, 5.41) is 0. The van der Waals surface area contributed by atoms with E-state index >= 15 is 0 Å². The maximum absolute atomic E-state index is 5.53. The molecule has 0 unspecified atom stereocenters. The fourth-order valence-electron chi connectivity index (χ4n) is 1.79. The van der Waals surface area contributed by atoms with Crippen LogP contribution in [0.4, 0.5) is 5.82 Å². The zero-order valence-corrected chi connectivity index (χ0v) is 9.60. The van der Waals surface area contributed by atoms with Gasteiger partial charge in [-0.05, 0) is 31.9 Å². The molecule has 0 aromatic carbocycles. The number of anilines is 1. The predicted octanol–water partition coefficient (Wildman–Crippen LogP) is 2.21. The van der Waals surface area contributed by atoms with E-state index in [0.29, 0.717) is 23.3 Å². The van der Waals surface area contributed by atoms with Gasteiger partial charge >= 0.3 is 0 Å². The van der Waals surface area contributed by atoms with Crippen molar-refractivity contribution in [2.45, 2.75) is 25.7 Å². The zero-order chi connectivity index (χ0) is 11.8. The minimum Gasteiger partial charge on any atom is -0.458 e. The first-order chi connectivity index (χ1) is 8.26. The normalized spacial score (nSPS) is 14.9. The van der Waals surface area contributed by atoms with Gasteiger partial charge < -0.3 is 9.84 Å². The SMILES string of the molecule is Cc1ccc(-c2nc(NN)cc(C3CC3)n2)o1. The summed E-state index contributed by atoms with van der Waals surface area (Å²) < 4.78 is 5.53. The smallest absolute Gasteiger partial charge is 0.197 e. The molecule has 0 atom stereocenters. The van der Waals surface area contributed by atoms with Gasteiger partial charge in [-0.15, -0.1) is 0 Å². The first-order valence-corrected chi connectivity index (χ1v) is 5.68. The van der Waals surface area contributed by atoms with E-state index in [2.05, 4.69) is 15.4 Å². The Morgan fingerprint density at radius 1 is 1.35 bits per heavy atom. The second kappa shape index (κ2) is 3.85. The minimum atomic E-state index is 0.555. The molecule has 88 valence electrons. The van der Waals surface area contributed by atoms with E-state index < -0.39 is 0 Å². The van der Waals surface area contributed by atoms with Crippen LogP contribution in [0.3, 0.4) is 0 Å². The Morgan fingerprint density at radius 2 is 2.18 bits per heavy atom. The van der Waals surface area contributed by atoms with Crippen LogP contribution in [0.1, 0.15) is 30.2 Å². The first-order valence-electron chi connectivity index (χ1n) is 5.68. The van der Waals surface area contributed by atoms with Crippen molar-refractivity contribution in [2.75, 3.05) is 5.43 Å². The standard InChI is InChI=1S/C12H14N4O/c1-7-2-5-10(17-7)12-14-9(8-3-4-8)6-11(15-12)16-13/h2,5-6,8H,3-4,13H2,1H3,(H,14,15,16). The molecule has 2 heterocycles. The summed E-state index contributed by atoms with van der Waals surface area (Å²) in [4.78, 5) is 8.83. The Balaban J connectivity index is 2.05. The van der Waals surface area contributed by atoms with Crippen LogP contribution in [0.5, 0.6) is 0 Å². The third kappa shape index (κ3) is 2.01. The van der Waals surface area contributed by atoms with Gasteiger partial charge in [0.2, 0.25) is 0 Å². The molecule has 0 aliphatic heterocycles. The van der Waals surface area contributed by atoms with E-state index in [1.54, 1.807) is 0 Å². The van der Waals surface area contributed by atoms with Gasteiger partial charge in [-0.25, -0.2) is 15.8 Å². The van der Waals surface area contributed by atoms with Crippen molar-refractivity contribution in [2.24, 2.45) is 5.84 Å². The molecule has 5 nitrogen and oxygen atoms in total. The van der Waals surface area contributed by atoms with Crippen molar-refractivity contribution in [3.8, 4) is 11.6 Å². The first kappa shape index (κ1) is 10.3. The van der Waals surface area contributed by atoms with Crippen LogP contribution in [0.2, 0.25) is 0 Å². The van der Waals surface area contributed by atoms with Crippen molar-refractivity contribution in [3.63, 3.8) is 0 Å². The van der Waals surface area contributed by atoms with Crippen molar-refractivity contribution >= 4 is 5.82 Å². The van der Waals surface area contributed by atoms with E-state index in [1.165, 1.54) is 12.8 Å². The molecular formula is C12H14N4O. The van der Waals surface area contributed by atoms with Gasteiger partial charge in [0.25, 0.3) is 0 Å². The Labute approximate surface area is 99.0 Å². The number of hydrazine groups is 1. The lowest BCUT2D eigenvalue weighted by molar-refractivity contribution is 0.543. The molecule has 0 bridgehead atoms. The summed E-state index contributed by atoms with van der Waals surface area (Å²) >= 11 is 0. The molecule has 2 aromatic rings. The van der Waals surface area contributed by atoms with E-state index in [0.717, 1.165) is 11.5 Å². The highest BCUT2D eigenvalue weighted by Crippen LogP contribution is 2.40. The van der Waals surface area contributed by atoms with Crippen molar-refractivity contribution < 1.29 is 4.42 Å². The van der Waals surface area contributed by atoms with Gasteiger partial charge in [0.1, 0.15) is 11.6 Å². The summed E-state index contributed by atoms with van der Waals surface area (Å²) in [5.74, 6) is 8.73. The Hall–Kier alpha value is -1.88. The molecule has 1 fully saturated rings. The van der Waals surface area contributed by atoms with Crippen LogP contribution in [-0.2, 0) is 0 Å². The Morgan fingerprint density at radius 3 is 2.76 bits per heavy atom. The molecule has 17 heavy (non-hydrogen) atoms. The van der Waals surface area contributed by atoms with E-state index in [9.17, 15) is 0 Å². The van der Waals surface area contributed by atoms with Gasteiger partial charge in [0.15, 0.2) is 11.6 Å². The van der Waals surface area contributed by atoms with Crippen LogP contribution in [0, 0.1) is 6.92 Å². The highest BCUT2D eigenvalue weighted by molar-refractivity contribution is 5.52. The number of nitrogens with one attached hydrogen (secondary N) is 1. The Bertz CT molecular complexity index is 545. The van der Waals surface area contributed by atoms with Crippen LogP contribution < -0.4 is 11.3 Å². The minimum absolute atomic E-state index is 0.555. The molecule has 0 spiro atoms. The number of nitrogen functional groups attached to an aromatic ring is 1. The number of aromatic nitrogens is 2. The molecule has 3 rings (SSSR count). The number of rotatable bonds is 3. The van der Waals surface area contributed by atoms with Crippen molar-refractivity contribution in [1.29, 1.82) is 0 Å². The second-order valence-corrected chi connectivity index (χ2v) is 4.33. The highest BCUT2D eigenvalue weighted by atomic mass is 16.3. The average Bonchev–Trinajstić information content (AvgIpc) is 3.11. The Kier molecular flexibility index (Phi) is 2.33. The van der Waals surface area contributed by atoms with Crippen LogP contribution in [0.15, 0.2) is 22.6 Å². The van der Waals surface area contributed by atoms with Crippen LogP contribution in [0.25, 0.3) is 11.6 Å². The van der Waals surface area contributed by atoms with E-state index in [4.69, 9.17) is 10.3 Å². The quantitative estimate of drug-likeness (QED) is 0.624. The zero-order valence-electron chi connectivity index (χ0n) is 9.60. The molecule has 1 aliphatic carbocycles. The maximum Gasteiger partial charge on any atom is 0.197 e. The van der Waals surface area contributed by atoms with Gasteiger partial charge in [-0.2, -0.15) is 0 Å². The monoisotopic (exact) mass is 230 g/mol. The molecule has 1 aliphatic rings. The largest absolute Gasteiger partial charge is 0.458 e. The number of aryl methyl sites for hydroxylation is 1. The summed E-state index contributed by atoms with van der Waals surface area (Å²) in [6.45, 7) is 1.90. The van der Waals surface area contributed by atoms with Gasteiger partial charge in [0, 0.05) is 17.7 Å². The lowest BCUT2D eigenvalue weighted by Gasteiger charge is -2.05. The molecule has 0 amide bonds. The predicted molar refractivity (Wildman–Crippen MR) is 64.3 cm³/mol. The summed E-state index contributed by atoms with van der Waals surface area (Å²) in [6.07, 6.45) is 2.38. The third-order valence-corrected chi connectivity index (χ3v) is 2.85. The van der Waals surface area contributed by atoms with Gasteiger partial charge in [-0.1, -0.05) is 0 Å². The van der Waals surface area contributed by atoms with Gasteiger partial charge in [0.05, 0.1) is 0 Å². The number of hydrogen-bond donors (Lipinski definition) is 2. The summed E-state index contributed by atoms with van der Waals surface area (Å²) in [6, 6.07) is 5.68. The van der Waals surface area contributed by atoms with E-state index in [-0.39, 0.29) is 0 Å². The number of nitrogens with two attached hydrogens (primary N) is 1. The molecule has 5 heteroatoms. The number of hydrogen-bond acceptors (Lipinski definition) is 5. The molecular weight excluding hydrogens is 216 g/mol. The topological polar surface area (TPSA) is 77.0 Å². The third-order valence-electron chi connectivity index (χ3n) is 2.85. The second-order valence-electron chi connectivity index (χ2n) is 4.33. The fraction of sp³-hybridized carbons (Fsp3) is 0.333. The average molecular weight is 230 g/mol. The van der Waals surface area contributed by atoms with Crippen molar-refractivity contribution in [3.05, 3.63) is 29.7 Å². The van der Waals surface area contributed by atoms with Crippen molar-refractivity contribution in [1.82, 2.24) is 9.97 Å². The van der Waals surface area contributed by atoms with Gasteiger partial charge in [-0.3, -0.25) is 0 Å². The highest BCUT2D eigenvalue weighted by Gasteiger charge is 2.26. The molecule has 0 radical (unpaired) electrons. The molecule has 3 N–H and O–H groups in total. The summed E-state index contributed by atoms with van der Waals surface area (Å²) in [5.41, 5.74) is 3.61. The number of furan rings is 1. The lowest BCUT2D eigenvalue weighted by Crippen LogP contribution is -2.10. The van der Waals surface area contributed by atoms with Crippen LogP contribution >= 0.6 is 0 Å². The molecule has 1 saturated carbocycles. The summed E-state index contributed by atoms with van der Waals surface area (Å²) in [7, 11) is 0.